The molecule has 1 amide bonds. The fraction of sp³-hybridized carbons (Fsp3) is 0.444. The second-order valence-corrected chi connectivity index (χ2v) is 5.87. The van der Waals surface area contributed by atoms with Gasteiger partial charge in [-0.3, -0.25) is 9.78 Å². The molecule has 0 N–H and O–H groups in total. The second kappa shape index (κ2) is 6.44. The molecule has 0 spiro atoms. The molecule has 1 aliphatic rings. The van der Waals surface area contributed by atoms with Crippen LogP contribution in [-0.2, 0) is 4.79 Å². The lowest BCUT2D eigenvalue weighted by molar-refractivity contribution is -0.131. The smallest absolute Gasteiger partial charge is 0.222 e. The Morgan fingerprint density at radius 3 is 2.65 bits per heavy atom. The monoisotopic (exact) mass is 313 g/mol. The van der Waals surface area contributed by atoms with E-state index in [1.807, 2.05) is 30.2 Å². The summed E-state index contributed by atoms with van der Waals surface area (Å²) >= 11 is 0. The molecule has 2 aromatic rings. The molecule has 0 unspecified atom stereocenters. The van der Waals surface area contributed by atoms with E-state index in [-0.39, 0.29) is 5.91 Å². The summed E-state index contributed by atoms with van der Waals surface area (Å²) in [4.78, 5) is 20.7. The molecule has 1 aromatic carbocycles. The van der Waals surface area contributed by atoms with Gasteiger partial charge in [0.25, 0.3) is 0 Å². The lowest BCUT2D eigenvalue weighted by Crippen LogP contribution is -2.48. The molecule has 0 atom stereocenters. The number of ether oxygens (including phenoxy) is 1. The molecule has 0 saturated carbocycles. The Balaban J connectivity index is 1.94. The van der Waals surface area contributed by atoms with Crippen LogP contribution in [0.4, 0.5) is 5.69 Å². The van der Waals surface area contributed by atoms with Gasteiger partial charge >= 0.3 is 0 Å². The van der Waals surface area contributed by atoms with Crippen LogP contribution in [0.25, 0.3) is 10.9 Å². The summed E-state index contributed by atoms with van der Waals surface area (Å²) in [5, 5.41) is 1.11. The molecular formula is C18H23N3O2. The van der Waals surface area contributed by atoms with Crippen LogP contribution in [0.15, 0.2) is 24.4 Å². The van der Waals surface area contributed by atoms with Crippen molar-refractivity contribution in [2.75, 3.05) is 38.2 Å². The Hall–Kier alpha value is -2.30. The molecule has 3 rings (SSSR count). The number of piperazine rings is 1. The van der Waals surface area contributed by atoms with Gasteiger partial charge in [0.05, 0.1) is 12.8 Å². The van der Waals surface area contributed by atoms with Crippen molar-refractivity contribution in [1.29, 1.82) is 0 Å². The normalized spacial score (nSPS) is 15.1. The second-order valence-electron chi connectivity index (χ2n) is 5.87. The first-order valence-corrected chi connectivity index (χ1v) is 8.10. The van der Waals surface area contributed by atoms with Crippen LogP contribution in [0, 0.1) is 6.92 Å². The molecule has 1 saturated heterocycles. The molecule has 23 heavy (non-hydrogen) atoms. The van der Waals surface area contributed by atoms with Crippen LogP contribution in [0.3, 0.4) is 0 Å². The van der Waals surface area contributed by atoms with Crippen molar-refractivity contribution in [1.82, 2.24) is 9.88 Å². The Kier molecular flexibility index (Phi) is 4.37. The van der Waals surface area contributed by atoms with Gasteiger partial charge in [-0.25, -0.2) is 0 Å². The van der Waals surface area contributed by atoms with Crippen LogP contribution in [0.5, 0.6) is 5.75 Å². The third-order valence-electron chi connectivity index (χ3n) is 4.49. The zero-order valence-corrected chi connectivity index (χ0v) is 14.0. The van der Waals surface area contributed by atoms with Crippen LogP contribution in [0.1, 0.15) is 18.9 Å². The lowest BCUT2D eigenvalue weighted by atomic mass is 10.1. The molecule has 1 aromatic heterocycles. The summed E-state index contributed by atoms with van der Waals surface area (Å²) < 4.78 is 5.44. The number of amides is 1. The standard InChI is InChI=1S/C18H23N3O2/c1-4-16(22)20-8-10-21(11-9-20)18-13(2)12-19-17-14(18)6-5-7-15(17)23-3/h5-7,12H,4,8-11H2,1-3H3. The Labute approximate surface area is 136 Å². The minimum atomic E-state index is 0.239. The predicted molar refractivity (Wildman–Crippen MR) is 92.1 cm³/mol. The van der Waals surface area contributed by atoms with E-state index in [1.165, 1.54) is 5.69 Å². The van der Waals surface area contributed by atoms with Gasteiger partial charge in [-0.15, -0.1) is 0 Å². The van der Waals surface area contributed by atoms with E-state index >= 15 is 0 Å². The zero-order valence-electron chi connectivity index (χ0n) is 14.0. The first-order valence-electron chi connectivity index (χ1n) is 8.10. The number of aromatic nitrogens is 1. The maximum Gasteiger partial charge on any atom is 0.222 e. The molecule has 5 heteroatoms. The third kappa shape index (κ3) is 2.83. The van der Waals surface area contributed by atoms with Gasteiger partial charge in [0.1, 0.15) is 11.3 Å². The van der Waals surface area contributed by atoms with E-state index in [2.05, 4.69) is 22.9 Å². The molecule has 2 heterocycles. The van der Waals surface area contributed by atoms with Crippen molar-refractivity contribution in [3.05, 3.63) is 30.0 Å². The van der Waals surface area contributed by atoms with Gasteiger partial charge in [-0.2, -0.15) is 0 Å². The number of hydrogen-bond acceptors (Lipinski definition) is 4. The fourth-order valence-electron chi connectivity index (χ4n) is 3.27. The Bertz CT molecular complexity index is 722. The summed E-state index contributed by atoms with van der Waals surface area (Å²) in [7, 11) is 1.67. The molecule has 1 aliphatic heterocycles. The van der Waals surface area contributed by atoms with E-state index in [1.54, 1.807) is 7.11 Å². The zero-order chi connectivity index (χ0) is 16.4. The maximum absolute atomic E-state index is 11.9. The van der Waals surface area contributed by atoms with Crippen LogP contribution < -0.4 is 9.64 Å². The number of aryl methyl sites for hydroxylation is 1. The Morgan fingerprint density at radius 2 is 2.00 bits per heavy atom. The number of hydrogen-bond donors (Lipinski definition) is 0. The van der Waals surface area contributed by atoms with Crippen molar-refractivity contribution in [2.45, 2.75) is 20.3 Å². The number of anilines is 1. The van der Waals surface area contributed by atoms with E-state index in [9.17, 15) is 4.79 Å². The Morgan fingerprint density at radius 1 is 1.26 bits per heavy atom. The lowest BCUT2D eigenvalue weighted by Gasteiger charge is -2.37. The molecule has 122 valence electrons. The van der Waals surface area contributed by atoms with E-state index < -0.39 is 0 Å². The molecular weight excluding hydrogens is 290 g/mol. The van der Waals surface area contributed by atoms with Gasteiger partial charge in [-0.1, -0.05) is 19.1 Å². The van der Waals surface area contributed by atoms with Crippen molar-refractivity contribution < 1.29 is 9.53 Å². The average molecular weight is 313 g/mol. The highest BCUT2D eigenvalue weighted by Crippen LogP contribution is 2.34. The first kappa shape index (κ1) is 15.6. The highest BCUT2D eigenvalue weighted by Gasteiger charge is 2.23. The van der Waals surface area contributed by atoms with Gasteiger partial charge in [0.2, 0.25) is 5.91 Å². The van der Waals surface area contributed by atoms with Crippen LogP contribution in [0.2, 0.25) is 0 Å². The SMILES string of the molecule is CCC(=O)N1CCN(c2c(C)cnc3c(OC)cccc23)CC1. The molecule has 5 nitrogen and oxygen atoms in total. The van der Waals surface area contributed by atoms with Crippen molar-refractivity contribution in [3.8, 4) is 5.75 Å². The van der Waals surface area contributed by atoms with E-state index in [0.29, 0.717) is 6.42 Å². The highest BCUT2D eigenvalue weighted by atomic mass is 16.5. The van der Waals surface area contributed by atoms with Crippen LogP contribution >= 0.6 is 0 Å². The summed E-state index contributed by atoms with van der Waals surface area (Å²) in [5.41, 5.74) is 3.25. The number of methoxy groups -OCH3 is 1. The third-order valence-corrected chi connectivity index (χ3v) is 4.49. The van der Waals surface area contributed by atoms with Crippen molar-refractivity contribution >= 4 is 22.5 Å². The number of para-hydroxylation sites is 1. The van der Waals surface area contributed by atoms with Crippen molar-refractivity contribution in [3.63, 3.8) is 0 Å². The molecule has 0 aliphatic carbocycles. The van der Waals surface area contributed by atoms with Crippen molar-refractivity contribution in [2.24, 2.45) is 0 Å². The van der Waals surface area contributed by atoms with Gasteiger partial charge in [0, 0.05) is 44.2 Å². The largest absolute Gasteiger partial charge is 0.494 e. The van der Waals surface area contributed by atoms with Gasteiger partial charge in [-0.05, 0) is 18.6 Å². The quantitative estimate of drug-likeness (QED) is 0.874. The number of carbonyl (C=O) groups is 1. The summed E-state index contributed by atoms with van der Waals surface area (Å²) in [6.45, 7) is 7.26. The summed E-state index contributed by atoms with van der Waals surface area (Å²) in [5.74, 6) is 1.03. The number of benzene rings is 1. The van der Waals surface area contributed by atoms with E-state index in [4.69, 9.17) is 4.74 Å². The van der Waals surface area contributed by atoms with Gasteiger partial charge < -0.3 is 14.5 Å². The molecule has 1 fully saturated rings. The number of carbonyl (C=O) groups excluding carboxylic acids is 1. The number of pyridine rings is 1. The molecule has 0 radical (unpaired) electrons. The number of nitrogens with zero attached hydrogens (tertiary/aromatic N) is 3. The fourth-order valence-corrected chi connectivity index (χ4v) is 3.27. The minimum Gasteiger partial charge on any atom is -0.494 e. The highest BCUT2D eigenvalue weighted by molar-refractivity contribution is 5.96. The number of fused-ring (bicyclic) bond motifs is 1. The van der Waals surface area contributed by atoms with Crippen LogP contribution in [-0.4, -0.2) is 49.1 Å². The summed E-state index contributed by atoms with van der Waals surface area (Å²) in [6, 6.07) is 6.03. The average Bonchev–Trinajstić information content (AvgIpc) is 2.60. The minimum absolute atomic E-state index is 0.239. The number of rotatable bonds is 3. The predicted octanol–water partition coefficient (Wildman–Crippen LogP) is 2.61. The summed E-state index contributed by atoms with van der Waals surface area (Å²) in [6.07, 6.45) is 2.48. The van der Waals surface area contributed by atoms with E-state index in [0.717, 1.165) is 48.4 Å². The maximum atomic E-state index is 11.9. The topological polar surface area (TPSA) is 45.7 Å². The first-order chi connectivity index (χ1) is 11.2. The molecule has 0 bridgehead atoms. The van der Waals surface area contributed by atoms with Gasteiger partial charge in [0.15, 0.2) is 0 Å².